The maximum absolute atomic E-state index is 13.0. The first-order valence-electron chi connectivity index (χ1n) is 8.05. The molecule has 4 nitrogen and oxygen atoms in total. The Morgan fingerprint density at radius 2 is 2.00 bits per heavy atom. The standard InChI is InChI=1S/C17H18F3N3OS/c18-17(19,20)13-4-2-1-3-12(13)9-15(24)23-16-22-10-14(25-16)11-5-7-21-8-6-11/h1-4,10-11,21H,5-9H2,(H,22,23,24). The second kappa shape index (κ2) is 7.53. The SMILES string of the molecule is O=C(Cc1ccccc1C(F)(F)F)Nc1ncc(C2CCNCC2)s1. The van der Waals surface area contributed by atoms with Gasteiger partial charge in [0.1, 0.15) is 0 Å². The van der Waals surface area contributed by atoms with Gasteiger partial charge in [0.05, 0.1) is 12.0 Å². The molecule has 0 saturated carbocycles. The lowest BCUT2D eigenvalue weighted by Crippen LogP contribution is -2.26. The minimum atomic E-state index is -4.47. The highest BCUT2D eigenvalue weighted by atomic mass is 32.1. The summed E-state index contributed by atoms with van der Waals surface area (Å²) >= 11 is 1.39. The second-order valence-corrected chi connectivity index (χ2v) is 7.03. The first kappa shape index (κ1) is 17.9. The Morgan fingerprint density at radius 1 is 1.28 bits per heavy atom. The van der Waals surface area contributed by atoms with Crippen molar-refractivity contribution < 1.29 is 18.0 Å². The molecule has 1 aromatic carbocycles. The summed E-state index contributed by atoms with van der Waals surface area (Å²) in [4.78, 5) is 17.4. The van der Waals surface area contributed by atoms with Gasteiger partial charge < -0.3 is 10.6 Å². The predicted molar refractivity (Wildman–Crippen MR) is 90.7 cm³/mol. The molecule has 1 fully saturated rings. The van der Waals surface area contributed by atoms with Gasteiger partial charge in [-0.05, 0) is 43.5 Å². The van der Waals surface area contributed by atoms with Gasteiger partial charge in [0.2, 0.25) is 5.91 Å². The van der Waals surface area contributed by atoms with Crippen LogP contribution in [0.2, 0.25) is 0 Å². The third-order valence-electron chi connectivity index (χ3n) is 4.19. The molecule has 2 aromatic rings. The van der Waals surface area contributed by atoms with Gasteiger partial charge in [-0.15, -0.1) is 11.3 Å². The number of halogens is 3. The van der Waals surface area contributed by atoms with Crippen LogP contribution in [0.25, 0.3) is 0 Å². The van der Waals surface area contributed by atoms with Gasteiger partial charge in [-0.1, -0.05) is 18.2 Å². The minimum absolute atomic E-state index is 0.0392. The normalized spacial score (nSPS) is 16.0. The fourth-order valence-electron chi connectivity index (χ4n) is 2.93. The number of amides is 1. The highest BCUT2D eigenvalue weighted by Crippen LogP contribution is 2.33. The molecule has 2 N–H and O–H groups in total. The summed E-state index contributed by atoms with van der Waals surface area (Å²) < 4.78 is 39.0. The molecule has 8 heteroatoms. The lowest BCUT2D eigenvalue weighted by Gasteiger charge is -2.20. The van der Waals surface area contributed by atoms with Crippen molar-refractivity contribution in [2.45, 2.75) is 31.4 Å². The number of anilines is 1. The van der Waals surface area contributed by atoms with Gasteiger partial charge in [-0.2, -0.15) is 13.2 Å². The van der Waals surface area contributed by atoms with Crippen molar-refractivity contribution >= 4 is 22.4 Å². The molecule has 2 heterocycles. The van der Waals surface area contributed by atoms with Crippen LogP contribution < -0.4 is 10.6 Å². The van der Waals surface area contributed by atoms with Gasteiger partial charge >= 0.3 is 6.18 Å². The summed E-state index contributed by atoms with van der Waals surface area (Å²) in [6, 6.07) is 5.12. The number of alkyl halides is 3. The van der Waals surface area contributed by atoms with E-state index >= 15 is 0 Å². The van der Waals surface area contributed by atoms with Crippen LogP contribution in [0.5, 0.6) is 0 Å². The van der Waals surface area contributed by atoms with E-state index in [-0.39, 0.29) is 12.0 Å². The predicted octanol–water partition coefficient (Wildman–Crippen LogP) is 3.81. The van der Waals surface area contributed by atoms with E-state index in [2.05, 4.69) is 15.6 Å². The number of carbonyl (C=O) groups excluding carboxylic acids is 1. The Morgan fingerprint density at radius 3 is 2.72 bits per heavy atom. The van der Waals surface area contributed by atoms with Crippen LogP contribution in [0.1, 0.15) is 34.8 Å². The van der Waals surface area contributed by atoms with E-state index in [4.69, 9.17) is 0 Å². The molecular formula is C17H18F3N3OS. The number of rotatable bonds is 4. The van der Waals surface area contributed by atoms with Crippen molar-refractivity contribution in [1.82, 2.24) is 10.3 Å². The first-order valence-corrected chi connectivity index (χ1v) is 8.86. The average Bonchev–Trinajstić information content (AvgIpc) is 3.03. The average molecular weight is 369 g/mol. The first-order chi connectivity index (χ1) is 11.9. The third kappa shape index (κ3) is 4.58. The third-order valence-corrected chi connectivity index (χ3v) is 5.26. The van der Waals surface area contributed by atoms with Crippen molar-refractivity contribution in [3.8, 4) is 0 Å². The summed E-state index contributed by atoms with van der Waals surface area (Å²) in [5.74, 6) is -0.0710. The lowest BCUT2D eigenvalue weighted by molar-refractivity contribution is -0.138. The Balaban J connectivity index is 1.65. The molecule has 25 heavy (non-hydrogen) atoms. The van der Waals surface area contributed by atoms with Crippen LogP contribution in [0.4, 0.5) is 18.3 Å². The molecule has 0 atom stereocenters. The highest BCUT2D eigenvalue weighted by molar-refractivity contribution is 7.15. The number of piperidine rings is 1. The number of hydrogen-bond acceptors (Lipinski definition) is 4. The van der Waals surface area contributed by atoms with Crippen LogP contribution in [0, 0.1) is 0 Å². The van der Waals surface area contributed by atoms with E-state index in [9.17, 15) is 18.0 Å². The summed E-state index contributed by atoms with van der Waals surface area (Å²) in [6.45, 7) is 1.91. The van der Waals surface area contributed by atoms with E-state index in [1.807, 2.05) is 0 Å². The molecule has 134 valence electrons. The van der Waals surface area contributed by atoms with Crippen LogP contribution >= 0.6 is 11.3 Å². The van der Waals surface area contributed by atoms with E-state index < -0.39 is 17.6 Å². The van der Waals surface area contributed by atoms with Gasteiger partial charge in [0.25, 0.3) is 0 Å². The van der Waals surface area contributed by atoms with Gasteiger partial charge in [-0.25, -0.2) is 4.98 Å². The summed E-state index contributed by atoms with van der Waals surface area (Å²) in [5.41, 5.74) is -0.817. The number of hydrogen-bond donors (Lipinski definition) is 2. The summed E-state index contributed by atoms with van der Waals surface area (Å²) in [6.07, 6.45) is -1.01. The van der Waals surface area contributed by atoms with Crippen LogP contribution in [0.15, 0.2) is 30.5 Å². The Hall–Kier alpha value is -1.93. The van der Waals surface area contributed by atoms with Crippen molar-refractivity contribution in [2.75, 3.05) is 18.4 Å². The summed E-state index contributed by atoms with van der Waals surface area (Å²) in [5, 5.41) is 6.34. The monoisotopic (exact) mass is 369 g/mol. The van der Waals surface area contributed by atoms with Crippen molar-refractivity contribution in [3.05, 3.63) is 46.5 Å². The fraction of sp³-hybridized carbons (Fsp3) is 0.412. The fourth-order valence-corrected chi connectivity index (χ4v) is 3.93. The molecule has 0 radical (unpaired) electrons. The zero-order chi connectivity index (χ0) is 17.9. The van der Waals surface area contributed by atoms with Crippen molar-refractivity contribution in [3.63, 3.8) is 0 Å². The Bertz CT molecular complexity index is 739. The molecule has 1 amide bonds. The molecular weight excluding hydrogens is 351 g/mol. The highest BCUT2D eigenvalue weighted by Gasteiger charge is 2.33. The number of benzene rings is 1. The number of carbonyl (C=O) groups is 1. The molecule has 0 spiro atoms. The van der Waals surface area contributed by atoms with E-state index in [0.717, 1.165) is 36.9 Å². The molecule has 1 aromatic heterocycles. The van der Waals surface area contributed by atoms with Gasteiger partial charge in [0, 0.05) is 11.1 Å². The van der Waals surface area contributed by atoms with E-state index in [1.165, 1.54) is 29.5 Å². The number of nitrogens with zero attached hydrogens (tertiary/aromatic N) is 1. The van der Waals surface area contributed by atoms with Gasteiger partial charge in [0.15, 0.2) is 5.13 Å². The topological polar surface area (TPSA) is 54.0 Å². The maximum Gasteiger partial charge on any atom is 0.416 e. The Labute approximate surface area is 147 Å². The molecule has 0 unspecified atom stereocenters. The van der Waals surface area contributed by atoms with Crippen LogP contribution in [0.3, 0.4) is 0 Å². The van der Waals surface area contributed by atoms with Crippen LogP contribution in [-0.2, 0) is 17.4 Å². The van der Waals surface area contributed by atoms with E-state index in [1.54, 1.807) is 6.20 Å². The molecule has 1 aliphatic heterocycles. The molecule has 0 aliphatic carbocycles. The Kier molecular flexibility index (Phi) is 5.39. The van der Waals surface area contributed by atoms with Crippen molar-refractivity contribution in [2.24, 2.45) is 0 Å². The number of thiazole rings is 1. The smallest absolute Gasteiger partial charge is 0.317 e. The quantitative estimate of drug-likeness (QED) is 0.862. The maximum atomic E-state index is 13.0. The lowest BCUT2D eigenvalue weighted by atomic mass is 9.97. The molecule has 0 bridgehead atoms. The molecule has 3 rings (SSSR count). The minimum Gasteiger partial charge on any atom is -0.317 e. The van der Waals surface area contributed by atoms with Crippen molar-refractivity contribution in [1.29, 1.82) is 0 Å². The van der Waals surface area contributed by atoms with Crippen LogP contribution in [-0.4, -0.2) is 24.0 Å². The second-order valence-electron chi connectivity index (χ2n) is 5.97. The zero-order valence-electron chi connectivity index (χ0n) is 13.4. The zero-order valence-corrected chi connectivity index (χ0v) is 14.2. The summed E-state index contributed by atoms with van der Waals surface area (Å²) in [7, 11) is 0. The van der Waals surface area contributed by atoms with E-state index in [0.29, 0.717) is 11.0 Å². The number of nitrogens with one attached hydrogen (secondary N) is 2. The van der Waals surface area contributed by atoms with Gasteiger partial charge in [-0.3, -0.25) is 4.79 Å². The molecule has 1 saturated heterocycles. The number of aromatic nitrogens is 1. The largest absolute Gasteiger partial charge is 0.416 e. The molecule has 1 aliphatic rings.